The highest BCUT2D eigenvalue weighted by atomic mass is 35.5. The topological polar surface area (TPSA) is 30.2 Å². The van der Waals surface area contributed by atoms with Gasteiger partial charge in [0.15, 0.2) is 5.43 Å². The first-order valence-corrected chi connectivity index (χ1v) is 6.67. The van der Waals surface area contributed by atoms with Gasteiger partial charge < -0.3 is 4.42 Å². The number of hydrogen-bond acceptors (Lipinski definition) is 2. The number of benzene rings is 2. The van der Waals surface area contributed by atoms with Crippen LogP contribution in [0.5, 0.6) is 0 Å². The first-order valence-electron chi connectivity index (χ1n) is 6.29. The van der Waals surface area contributed by atoms with E-state index in [-0.39, 0.29) is 11.2 Å². The Balaban J connectivity index is 2.10. The molecular weight excluding hydrogens is 291 g/mol. The molecule has 2 aromatic carbocycles. The molecule has 0 bridgehead atoms. The summed E-state index contributed by atoms with van der Waals surface area (Å²) < 4.78 is 18.7. The summed E-state index contributed by atoms with van der Waals surface area (Å²) in [5.74, 6) is 0.501. The Bertz CT molecular complexity index is 754. The maximum absolute atomic E-state index is 13.0. The largest absolute Gasteiger partial charge is 0.456 e. The van der Waals surface area contributed by atoms with E-state index in [1.54, 1.807) is 36.4 Å². The monoisotopic (exact) mass is 300 g/mol. The van der Waals surface area contributed by atoms with E-state index in [9.17, 15) is 9.18 Å². The zero-order chi connectivity index (χ0) is 14.8. The van der Waals surface area contributed by atoms with E-state index in [1.165, 1.54) is 24.3 Å². The van der Waals surface area contributed by atoms with Crippen LogP contribution < -0.4 is 5.43 Å². The Morgan fingerprint density at radius 3 is 1.81 bits per heavy atom. The normalized spacial score (nSPS) is 10.6. The van der Waals surface area contributed by atoms with E-state index >= 15 is 0 Å². The molecule has 0 unspecified atom stereocenters. The highest BCUT2D eigenvalue weighted by molar-refractivity contribution is 6.30. The molecule has 21 heavy (non-hydrogen) atoms. The zero-order valence-corrected chi connectivity index (χ0v) is 11.6. The van der Waals surface area contributed by atoms with E-state index in [1.807, 2.05) is 0 Å². The summed E-state index contributed by atoms with van der Waals surface area (Å²) in [5.41, 5.74) is 1.22. The quantitative estimate of drug-likeness (QED) is 0.682. The Kier molecular flexibility index (Phi) is 3.59. The Hall–Kier alpha value is -2.39. The van der Waals surface area contributed by atoms with Crippen molar-refractivity contribution in [3.63, 3.8) is 0 Å². The third-order valence-corrected chi connectivity index (χ3v) is 3.28. The molecule has 3 rings (SSSR count). The summed E-state index contributed by atoms with van der Waals surface area (Å²) in [7, 11) is 0. The minimum atomic E-state index is -0.338. The van der Waals surface area contributed by atoms with Crippen LogP contribution in [0.3, 0.4) is 0 Å². The summed E-state index contributed by atoms with van der Waals surface area (Å²) in [4.78, 5) is 11.8. The molecule has 0 N–H and O–H groups in total. The predicted molar refractivity (Wildman–Crippen MR) is 80.8 cm³/mol. The maximum atomic E-state index is 13.0. The summed E-state index contributed by atoms with van der Waals surface area (Å²) in [5, 5.41) is 0.607. The molecule has 0 radical (unpaired) electrons. The fourth-order valence-corrected chi connectivity index (χ4v) is 2.12. The fraction of sp³-hybridized carbons (Fsp3) is 0. The first kappa shape index (κ1) is 13.6. The molecule has 1 heterocycles. The zero-order valence-electron chi connectivity index (χ0n) is 10.8. The Labute approximate surface area is 125 Å². The van der Waals surface area contributed by atoms with Crippen LogP contribution in [0.1, 0.15) is 0 Å². The van der Waals surface area contributed by atoms with Crippen LogP contribution in [0.2, 0.25) is 5.02 Å². The van der Waals surface area contributed by atoms with Crippen molar-refractivity contribution in [3.8, 4) is 22.6 Å². The minimum absolute atomic E-state index is 0.175. The van der Waals surface area contributed by atoms with Gasteiger partial charge in [-0.15, -0.1) is 0 Å². The van der Waals surface area contributed by atoms with Gasteiger partial charge in [0.1, 0.15) is 17.3 Å². The standard InChI is InChI=1S/C17H10ClFO2/c18-13-5-1-11(2-6-13)16-9-15(20)10-17(21-16)12-3-7-14(19)8-4-12/h1-10H. The SMILES string of the molecule is O=c1cc(-c2ccc(F)cc2)oc(-c2ccc(Cl)cc2)c1. The number of rotatable bonds is 2. The molecule has 2 nitrogen and oxygen atoms in total. The average molecular weight is 301 g/mol. The molecule has 0 aliphatic heterocycles. The van der Waals surface area contributed by atoms with Crippen LogP contribution in [0, 0.1) is 5.82 Å². The fourth-order valence-electron chi connectivity index (χ4n) is 1.99. The molecule has 0 saturated heterocycles. The molecule has 0 saturated carbocycles. The van der Waals surface area contributed by atoms with Gasteiger partial charge >= 0.3 is 0 Å². The third-order valence-electron chi connectivity index (χ3n) is 3.02. The van der Waals surface area contributed by atoms with E-state index in [0.29, 0.717) is 22.1 Å². The van der Waals surface area contributed by atoms with Crippen LogP contribution in [0.15, 0.2) is 69.9 Å². The predicted octanol–water partition coefficient (Wildman–Crippen LogP) is 4.77. The molecule has 0 aliphatic rings. The molecule has 0 spiro atoms. The minimum Gasteiger partial charge on any atom is -0.456 e. The molecule has 4 heteroatoms. The Morgan fingerprint density at radius 2 is 1.29 bits per heavy atom. The average Bonchev–Trinajstić information content (AvgIpc) is 2.48. The molecule has 0 aliphatic carbocycles. The molecule has 3 aromatic rings. The summed E-state index contributed by atoms with van der Waals surface area (Å²) in [6.07, 6.45) is 0. The van der Waals surface area contributed by atoms with E-state index < -0.39 is 0 Å². The lowest BCUT2D eigenvalue weighted by Gasteiger charge is -2.05. The first-order chi connectivity index (χ1) is 10.1. The van der Waals surface area contributed by atoms with Gasteiger partial charge in [0.05, 0.1) is 0 Å². The van der Waals surface area contributed by atoms with E-state index in [2.05, 4.69) is 0 Å². The molecule has 0 fully saturated rings. The highest BCUT2D eigenvalue weighted by Gasteiger charge is 2.07. The van der Waals surface area contributed by atoms with Gasteiger partial charge in [-0.05, 0) is 48.5 Å². The molecule has 104 valence electrons. The lowest BCUT2D eigenvalue weighted by molar-refractivity contribution is 0.579. The van der Waals surface area contributed by atoms with Gasteiger partial charge in [0.25, 0.3) is 0 Å². The summed E-state index contributed by atoms with van der Waals surface area (Å²) in [6.45, 7) is 0. The molecule has 0 atom stereocenters. The molecule has 0 amide bonds. The second-order valence-corrected chi connectivity index (χ2v) is 4.97. The van der Waals surface area contributed by atoms with Crippen molar-refractivity contribution >= 4 is 11.6 Å². The van der Waals surface area contributed by atoms with Crippen molar-refractivity contribution in [2.24, 2.45) is 0 Å². The lowest BCUT2D eigenvalue weighted by atomic mass is 10.1. The summed E-state index contributed by atoms with van der Waals surface area (Å²) >= 11 is 5.84. The van der Waals surface area contributed by atoms with E-state index in [4.69, 9.17) is 16.0 Å². The van der Waals surface area contributed by atoms with Gasteiger partial charge in [0, 0.05) is 28.3 Å². The van der Waals surface area contributed by atoms with Crippen molar-refractivity contribution in [1.82, 2.24) is 0 Å². The van der Waals surface area contributed by atoms with Crippen LogP contribution in [-0.2, 0) is 0 Å². The van der Waals surface area contributed by atoms with Crippen molar-refractivity contribution in [2.75, 3.05) is 0 Å². The molecule has 1 aromatic heterocycles. The smallest absolute Gasteiger partial charge is 0.186 e. The van der Waals surface area contributed by atoms with Gasteiger partial charge in [-0.25, -0.2) is 4.39 Å². The number of halogens is 2. The van der Waals surface area contributed by atoms with Crippen LogP contribution in [0.25, 0.3) is 22.6 Å². The highest BCUT2D eigenvalue weighted by Crippen LogP contribution is 2.25. The van der Waals surface area contributed by atoms with E-state index in [0.717, 1.165) is 5.56 Å². The van der Waals surface area contributed by atoms with Gasteiger partial charge in [0.2, 0.25) is 0 Å². The molecular formula is C17H10ClFO2. The second kappa shape index (κ2) is 5.54. The summed E-state index contributed by atoms with van der Waals surface area (Å²) in [6, 6.07) is 15.6. The van der Waals surface area contributed by atoms with Crippen LogP contribution in [-0.4, -0.2) is 0 Å². The van der Waals surface area contributed by atoms with Crippen LogP contribution >= 0.6 is 11.6 Å². The number of hydrogen-bond donors (Lipinski definition) is 0. The van der Waals surface area contributed by atoms with Crippen LogP contribution in [0.4, 0.5) is 4.39 Å². The van der Waals surface area contributed by atoms with Gasteiger partial charge in [-0.1, -0.05) is 11.6 Å². The Morgan fingerprint density at radius 1 is 0.810 bits per heavy atom. The van der Waals surface area contributed by atoms with Crippen molar-refractivity contribution in [2.45, 2.75) is 0 Å². The second-order valence-electron chi connectivity index (χ2n) is 4.54. The lowest BCUT2D eigenvalue weighted by Crippen LogP contribution is -1.98. The van der Waals surface area contributed by atoms with Crippen molar-refractivity contribution in [1.29, 1.82) is 0 Å². The third kappa shape index (κ3) is 3.03. The van der Waals surface area contributed by atoms with Gasteiger partial charge in [-0.2, -0.15) is 0 Å². The van der Waals surface area contributed by atoms with Crippen molar-refractivity contribution in [3.05, 3.63) is 81.7 Å². The van der Waals surface area contributed by atoms with Gasteiger partial charge in [-0.3, -0.25) is 4.79 Å². The maximum Gasteiger partial charge on any atom is 0.186 e. The van der Waals surface area contributed by atoms with Crippen molar-refractivity contribution < 1.29 is 8.81 Å².